The molecule has 0 aliphatic heterocycles. The van der Waals surface area contributed by atoms with E-state index in [1.54, 1.807) is 0 Å². The molecule has 104 valence electrons. The van der Waals surface area contributed by atoms with Gasteiger partial charge in [0.05, 0.1) is 10.6 Å². The summed E-state index contributed by atoms with van der Waals surface area (Å²) in [6.45, 7) is 2.68. The molecule has 19 heavy (non-hydrogen) atoms. The van der Waals surface area contributed by atoms with Crippen molar-refractivity contribution >= 4 is 33.4 Å². The lowest BCUT2D eigenvalue weighted by molar-refractivity contribution is 0.0696. The molecule has 1 aromatic rings. The number of nitrogens with zero attached hydrogens (tertiary/aromatic N) is 1. The van der Waals surface area contributed by atoms with Crippen LogP contribution >= 0.6 is 27.5 Å². The largest absolute Gasteiger partial charge is 0.335 e. The molecule has 0 unspecified atom stereocenters. The van der Waals surface area contributed by atoms with Crippen LogP contribution in [0.15, 0.2) is 18.2 Å². The fourth-order valence-electron chi connectivity index (χ4n) is 2.72. The predicted molar refractivity (Wildman–Crippen MR) is 83.3 cm³/mol. The van der Waals surface area contributed by atoms with Crippen molar-refractivity contribution in [1.29, 1.82) is 0 Å². The van der Waals surface area contributed by atoms with Crippen LogP contribution in [0.1, 0.15) is 41.6 Å². The third-order valence-corrected chi connectivity index (χ3v) is 4.63. The highest BCUT2D eigenvalue weighted by Gasteiger charge is 2.28. The van der Waals surface area contributed by atoms with Crippen LogP contribution in [0.25, 0.3) is 0 Å². The first-order valence-corrected chi connectivity index (χ1v) is 8.27. The molecule has 0 spiro atoms. The van der Waals surface area contributed by atoms with Gasteiger partial charge in [-0.3, -0.25) is 4.79 Å². The quantitative estimate of drug-likeness (QED) is 0.740. The van der Waals surface area contributed by atoms with Crippen molar-refractivity contribution in [2.24, 2.45) is 0 Å². The molecule has 0 N–H and O–H groups in total. The lowest BCUT2D eigenvalue weighted by Gasteiger charge is -2.29. The highest BCUT2D eigenvalue weighted by atomic mass is 79.9. The summed E-state index contributed by atoms with van der Waals surface area (Å²) in [5.74, 6) is 0.0695. The second-order valence-electron chi connectivity index (χ2n) is 5.06. The van der Waals surface area contributed by atoms with E-state index in [1.807, 2.05) is 30.0 Å². The summed E-state index contributed by atoms with van der Waals surface area (Å²) in [5.41, 5.74) is 1.59. The van der Waals surface area contributed by atoms with Gasteiger partial charge in [-0.1, -0.05) is 52.5 Å². The van der Waals surface area contributed by atoms with Crippen LogP contribution < -0.4 is 0 Å². The molecule has 1 aliphatic carbocycles. The monoisotopic (exact) mass is 343 g/mol. The maximum atomic E-state index is 12.7. The van der Waals surface area contributed by atoms with Gasteiger partial charge in [0.15, 0.2) is 0 Å². The number of benzene rings is 1. The molecular formula is C15H19BrClNO. The number of carbonyl (C=O) groups is 1. The summed E-state index contributed by atoms with van der Waals surface area (Å²) >= 11 is 9.72. The fraction of sp³-hybridized carbons (Fsp3) is 0.533. The fourth-order valence-corrected chi connectivity index (χ4v) is 3.31. The molecule has 0 radical (unpaired) electrons. The molecule has 0 aromatic heterocycles. The van der Waals surface area contributed by atoms with Gasteiger partial charge in [0.2, 0.25) is 0 Å². The van der Waals surface area contributed by atoms with Crippen molar-refractivity contribution in [2.75, 3.05) is 11.9 Å². The highest BCUT2D eigenvalue weighted by molar-refractivity contribution is 9.09. The van der Waals surface area contributed by atoms with Crippen molar-refractivity contribution in [3.05, 3.63) is 34.3 Å². The molecule has 2 nitrogen and oxygen atoms in total. The van der Waals surface area contributed by atoms with E-state index in [9.17, 15) is 4.79 Å². The molecule has 1 saturated carbocycles. The van der Waals surface area contributed by atoms with Gasteiger partial charge < -0.3 is 4.90 Å². The van der Waals surface area contributed by atoms with Gasteiger partial charge in [0.1, 0.15) is 0 Å². The van der Waals surface area contributed by atoms with E-state index in [-0.39, 0.29) is 5.91 Å². The van der Waals surface area contributed by atoms with E-state index < -0.39 is 0 Å². The predicted octanol–water partition coefficient (Wildman–Crippen LogP) is 4.43. The Morgan fingerprint density at radius 2 is 2.11 bits per heavy atom. The van der Waals surface area contributed by atoms with E-state index in [4.69, 9.17) is 11.6 Å². The molecule has 1 fully saturated rings. The Hall–Kier alpha value is -0.540. The molecular weight excluding hydrogens is 326 g/mol. The summed E-state index contributed by atoms with van der Waals surface area (Å²) in [5, 5.41) is 1.39. The standard InChI is InChI=1S/C15H19BrClNO/c1-11-5-4-8-13(14(11)17)15(19)18(10-9-16)12-6-2-3-7-12/h4-5,8,12H,2-3,6-7,9-10H2,1H3. The zero-order chi connectivity index (χ0) is 13.8. The first kappa shape index (κ1) is 14.9. The molecule has 4 heteroatoms. The number of carbonyl (C=O) groups excluding carboxylic acids is 1. The third kappa shape index (κ3) is 3.32. The van der Waals surface area contributed by atoms with Crippen LogP contribution in [0, 0.1) is 6.92 Å². The van der Waals surface area contributed by atoms with E-state index in [0.717, 1.165) is 30.3 Å². The summed E-state index contributed by atoms with van der Waals surface area (Å²) in [7, 11) is 0. The zero-order valence-corrected chi connectivity index (χ0v) is 13.5. The second-order valence-corrected chi connectivity index (χ2v) is 6.23. The number of halogens is 2. The third-order valence-electron chi connectivity index (χ3n) is 3.77. The van der Waals surface area contributed by atoms with Crippen molar-refractivity contribution < 1.29 is 4.79 Å². The molecule has 1 aromatic carbocycles. The van der Waals surface area contributed by atoms with Gasteiger partial charge in [0, 0.05) is 17.9 Å². The summed E-state index contributed by atoms with van der Waals surface area (Å²) < 4.78 is 0. The van der Waals surface area contributed by atoms with Crippen molar-refractivity contribution in [3.8, 4) is 0 Å². The topological polar surface area (TPSA) is 20.3 Å². The van der Waals surface area contributed by atoms with E-state index >= 15 is 0 Å². The van der Waals surface area contributed by atoms with Crippen LogP contribution in [-0.4, -0.2) is 28.7 Å². The SMILES string of the molecule is Cc1cccc(C(=O)N(CCBr)C2CCCC2)c1Cl. The van der Waals surface area contributed by atoms with Gasteiger partial charge in [-0.25, -0.2) is 0 Å². The van der Waals surface area contributed by atoms with E-state index in [0.29, 0.717) is 16.6 Å². The van der Waals surface area contributed by atoms with Gasteiger partial charge in [-0.2, -0.15) is 0 Å². The lowest BCUT2D eigenvalue weighted by Crippen LogP contribution is -2.40. The smallest absolute Gasteiger partial charge is 0.255 e. The minimum atomic E-state index is 0.0695. The summed E-state index contributed by atoms with van der Waals surface area (Å²) in [6.07, 6.45) is 4.67. The number of rotatable bonds is 4. The summed E-state index contributed by atoms with van der Waals surface area (Å²) in [4.78, 5) is 14.7. The Kier molecular flexibility index (Phi) is 5.28. The Bertz CT molecular complexity index is 457. The van der Waals surface area contributed by atoms with Gasteiger partial charge in [-0.05, 0) is 31.4 Å². The molecule has 2 rings (SSSR count). The number of amides is 1. The normalized spacial score (nSPS) is 15.7. The maximum Gasteiger partial charge on any atom is 0.255 e. The number of aryl methyl sites for hydroxylation is 1. The lowest BCUT2D eigenvalue weighted by atomic mass is 10.1. The Morgan fingerprint density at radius 3 is 2.74 bits per heavy atom. The molecule has 0 heterocycles. The van der Waals surface area contributed by atoms with Gasteiger partial charge >= 0.3 is 0 Å². The van der Waals surface area contributed by atoms with Crippen LogP contribution in [-0.2, 0) is 0 Å². The van der Waals surface area contributed by atoms with Crippen molar-refractivity contribution in [1.82, 2.24) is 4.90 Å². The minimum Gasteiger partial charge on any atom is -0.335 e. The van der Waals surface area contributed by atoms with Crippen LogP contribution in [0.2, 0.25) is 5.02 Å². The first-order chi connectivity index (χ1) is 9.15. The van der Waals surface area contributed by atoms with Crippen molar-refractivity contribution in [3.63, 3.8) is 0 Å². The number of hydrogen-bond donors (Lipinski definition) is 0. The van der Waals surface area contributed by atoms with Gasteiger partial charge in [-0.15, -0.1) is 0 Å². The van der Waals surface area contributed by atoms with Crippen molar-refractivity contribution in [2.45, 2.75) is 38.6 Å². The molecule has 0 bridgehead atoms. The maximum absolute atomic E-state index is 12.7. The summed E-state index contributed by atoms with van der Waals surface area (Å²) in [6, 6.07) is 6.04. The first-order valence-electron chi connectivity index (χ1n) is 6.77. The zero-order valence-electron chi connectivity index (χ0n) is 11.2. The Balaban J connectivity index is 2.25. The van der Waals surface area contributed by atoms with Crippen LogP contribution in [0.5, 0.6) is 0 Å². The molecule has 1 amide bonds. The molecule has 0 atom stereocenters. The minimum absolute atomic E-state index is 0.0695. The molecule has 1 aliphatic rings. The Labute approximate surface area is 128 Å². The number of hydrogen-bond acceptors (Lipinski definition) is 1. The molecule has 0 saturated heterocycles. The van der Waals surface area contributed by atoms with Crippen LogP contribution in [0.4, 0.5) is 0 Å². The highest BCUT2D eigenvalue weighted by Crippen LogP contribution is 2.27. The average molecular weight is 345 g/mol. The number of alkyl halides is 1. The Morgan fingerprint density at radius 1 is 1.42 bits per heavy atom. The van der Waals surface area contributed by atoms with Gasteiger partial charge in [0.25, 0.3) is 5.91 Å². The van der Waals surface area contributed by atoms with E-state index in [2.05, 4.69) is 15.9 Å². The average Bonchev–Trinajstić information content (AvgIpc) is 2.92. The van der Waals surface area contributed by atoms with Crippen LogP contribution in [0.3, 0.4) is 0 Å². The second kappa shape index (κ2) is 6.76. The van der Waals surface area contributed by atoms with E-state index in [1.165, 1.54) is 12.8 Å².